The molecule has 0 unspecified atom stereocenters. The number of ether oxygens (including phenoxy) is 1. The molecule has 3 nitrogen and oxygen atoms in total. The number of nitrogens with zero attached hydrogens (tertiary/aromatic N) is 1. The summed E-state index contributed by atoms with van der Waals surface area (Å²) in [5.41, 5.74) is 5.64. The highest BCUT2D eigenvalue weighted by Gasteiger charge is 2.10. The van der Waals surface area contributed by atoms with Crippen molar-refractivity contribution in [2.45, 2.75) is 13.0 Å². The van der Waals surface area contributed by atoms with Crippen molar-refractivity contribution in [1.82, 2.24) is 4.90 Å². The second-order valence-corrected chi connectivity index (χ2v) is 2.89. The summed E-state index contributed by atoms with van der Waals surface area (Å²) in [6.45, 7) is 6.86. The zero-order valence-electron chi connectivity index (χ0n) is 6.95. The Morgan fingerprint density at radius 3 is 2.45 bits per heavy atom. The molecule has 0 saturated carbocycles. The van der Waals surface area contributed by atoms with E-state index < -0.39 is 0 Å². The average molecular weight is 181 g/mol. The molecule has 1 heterocycles. The molecule has 0 aromatic carbocycles. The van der Waals surface area contributed by atoms with Gasteiger partial charge in [0.15, 0.2) is 0 Å². The third kappa shape index (κ3) is 4.58. The maximum atomic E-state index is 5.64. The van der Waals surface area contributed by atoms with Gasteiger partial charge in [-0.1, -0.05) is 0 Å². The van der Waals surface area contributed by atoms with E-state index in [0.29, 0.717) is 0 Å². The Hall–Kier alpha value is 0.170. The van der Waals surface area contributed by atoms with Crippen molar-refractivity contribution >= 4 is 12.4 Å². The number of morpholine rings is 1. The molecule has 1 aliphatic rings. The van der Waals surface area contributed by atoms with Gasteiger partial charge in [0, 0.05) is 25.7 Å². The number of nitrogens with two attached hydrogens (primary N) is 1. The quantitative estimate of drug-likeness (QED) is 0.655. The summed E-state index contributed by atoms with van der Waals surface area (Å²) in [5.74, 6) is 0. The normalized spacial score (nSPS) is 22.4. The Labute approximate surface area is 74.3 Å². The van der Waals surface area contributed by atoms with E-state index in [1.807, 2.05) is 6.92 Å². The third-order valence-electron chi connectivity index (χ3n) is 1.65. The molecule has 1 rings (SSSR count). The Kier molecular flexibility index (Phi) is 5.86. The molecule has 0 bridgehead atoms. The minimum atomic E-state index is 0. The SMILES string of the molecule is C[C@@H](N)CN1CCOCC1.Cl. The monoisotopic (exact) mass is 180 g/mol. The first-order valence-corrected chi connectivity index (χ1v) is 3.84. The second kappa shape index (κ2) is 5.77. The van der Waals surface area contributed by atoms with Crippen LogP contribution in [0.3, 0.4) is 0 Å². The number of halogens is 1. The van der Waals surface area contributed by atoms with Gasteiger partial charge in [-0.25, -0.2) is 0 Å². The Morgan fingerprint density at radius 1 is 1.45 bits per heavy atom. The highest BCUT2D eigenvalue weighted by molar-refractivity contribution is 5.85. The van der Waals surface area contributed by atoms with Crippen LogP contribution in [0.1, 0.15) is 6.92 Å². The summed E-state index contributed by atoms with van der Waals surface area (Å²) < 4.78 is 5.20. The highest BCUT2D eigenvalue weighted by Crippen LogP contribution is 1.96. The Morgan fingerprint density at radius 2 is 2.00 bits per heavy atom. The van der Waals surface area contributed by atoms with Crippen molar-refractivity contribution in [1.29, 1.82) is 0 Å². The second-order valence-electron chi connectivity index (χ2n) is 2.89. The van der Waals surface area contributed by atoms with E-state index in [2.05, 4.69) is 4.90 Å². The van der Waals surface area contributed by atoms with Gasteiger partial charge in [0.2, 0.25) is 0 Å². The van der Waals surface area contributed by atoms with Gasteiger partial charge >= 0.3 is 0 Å². The first-order valence-electron chi connectivity index (χ1n) is 3.84. The van der Waals surface area contributed by atoms with Gasteiger partial charge in [0.05, 0.1) is 13.2 Å². The zero-order chi connectivity index (χ0) is 7.40. The van der Waals surface area contributed by atoms with Crippen LogP contribution in [0.15, 0.2) is 0 Å². The van der Waals surface area contributed by atoms with Gasteiger partial charge < -0.3 is 10.5 Å². The summed E-state index contributed by atoms with van der Waals surface area (Å²) in [6.07, 6.45) is 0. The molecule has 68 valence electrons. The van der Waals surface area contributed by atoms with Crippen LogP contribution >= 0.6 is 12.4 Å². The first-order chi connectivity index (χ1) is 4.79. The molecule has 0 aromatic heterocycles. The maximum Gasteiger partial charge on any atom is 0.0594 e. The molecular weight excluding hydrogens is 164 g/mol. The van der Waals surface area contributed by atoms with Crippen molar-refractivity contribution in [2.75, 3.05) is 32.8 Å². The molecule has 1 saturated heterocycles. The molecule has 0 aliphatic carbocycles. The standard InChI is InChI=1S/C7H16N2O.ClH/c1-7(8)6-9-2-4-10-5-3-9;/h7H,2-6,8H2,1H3;1H/t7-;/m1./s1. The smallest absolute Gasteiger partial charge is 0.0594 e. The van der Waals surface area contributed by atoms with Crippen LogP contribution in [0.2, 0.25) is 0 Å². The molecule has 0 radical (unpaired) electrons. The van der Waals surface area contributed by atoms with Crippen LogP contribution in [-0.2, 0) is 4.74 Å². The fraction of sp³-hybridized carbons (Fsp3) is 1.00. The lowest BCUT2D eigenvalue weighted by atomic mass is 10.3. The fourth-order valence-electron chi connectivity index (χ4n) is 1.19. The van der Waals surface area contributed by atoms with Gasteiger partial charge in [-0.05, 0) is 6.92 Å². The zero-order valence-corrected chi connectivity index (χ0v) is 7.77. The largest absolute Gasteiger partial charge is 0.379 e. The molecule has 1 fully saturated rings. The summed E-state index contributed by atoms with van der Waals surface area (Å²) in [6, 6.07) is 0.290. The molecule has 0 amide bonds. The van der Waals surface area contributed by atoms with E-state index in [0.717, 1.165) is 32.8 Å². The highest BCUT2D eigenvalue weighted by atomic mass is 35.5. The molecule has 2 N–H and O–H groups in total. The molecule has 4 heteroatoms. The van der Waals surface area contributed by atoms with E-state index in [-0.39, 0.29) is 18.4 Å². The number of hydrogen-bond donors (Lipinski definition) is 1. The van der Waals surface area contributed by atoms with Gasteiger partial charge in [-0.3, -0.25) is 4.90 Å². The van der Waals surface area contributed by atoms with Crippen molar-refractivity contribution in [2.24, 2.45) is 5.73 Å². The van der Waals surface area contributed by atoms with E-state index >= 15 is 0 Å². The minimum absolute atomic E-state index is 0. The van der Waals surface area contributed by atoms with E-state index in [1.54, 1.807) is 0 Å². The number of rotatable bonds is 2. The van der Waals surface area contributed by atoms with Gasteiger partial charge in [0.1, 0.15) is 0 Å². The van der Waals surface area contributed by atoms with Crippen molar-refractivity contribution in [3.63, 3.8) is 0 Å². The number of hydrogen-bond acceptors (Lipinski definition) is 3. The molecular formula is C7H17ClN2O. The molecule has 0 spiro atoms. The summed E-state index contributed by atoms with van der Waals surface area (Å²) in [7, 11) is 0. The van der Waals surface area contributed by atoms with E-state index in [4.69, 9.17) is 10.5 Å². The van der Waals surface area contributed by atoms with E-state index in [1.165, 1.54) is 0 Å². The molecule has 11 heavy (non-hydrogen) atoms. The molecule has 1 aliphatic heterocycles. The molecule has 0 aromatic rings. The van der Waals surface area contributed by atoms with Crippen LogP contribution in [0.4, 0.5) is 0 Å². The van der Waals surface area contributed by atoms with Crippen LogP contribution in [0.5, 0.6) is 0 Å². The van der Waals surface area contributed by atoms with Crippen LogP contribution in [0, 0.1) is 0 Å². The van der Waals surface area contributed by atoms with Crippen LogP contribution in [0.25, 0.3) is 0 Å². The van der Waals surface area contributed by atoms with Crippen LogP contribution in [-0.4, -0.2) is 43.8 Å². The Balaban J connectivity index is 0.000001000. The maximum absolute atomic E-state index is 5.64. The lowest BCUT2D eigenvalue weighted by molar-refractivity contribution is 0.0360. The predicted octanol–water partition coefficient (Wildman–Crippen LogP) is 0.0876. The summed E-state index contributed by atoms with van der Waals surface area (Å²) in [5, 5.41) is 0. The molecule has 1 atom stereocenters. The summed E-state index contributed by atoms with van der Waals surface area (Å²) >= 11 is 0. The van der Waals surface area contributed by atoms with Crippen molar-refractivity contribution in [3.8, 4) is 0 Å². The Bertz CT molecular complexity index is 94.4. The third-order valence-corrected chi connectivity index (χ3v) is 1.65. The topological polar surface area (TPSA) is 38.5 Å². The van der Waals surface area contributed by atoms with Crippen molar-refractivity contribution in [3.05, 3.63) is 0 Å². The van der Waals surface area contributed by atoms with Gasteiger partial charge in [0.25, 0.3) is 0 Å². The first kappa shape index (κ1) is 11.2. The fourth-order valence-corrected chi connectivity index (χ4v) is 1.19. The van der Waals surface area contributed by atoms with Gasteiger partial charge in [-0.15, -0.1) is 12.4 Å². The minimum Gasteiger partial charge on any atom is -0.379 e. The predicted molar refractivity (Wildman–Crippen MR) is 48.2 cm³/mol. The average Bonchev–Trinajstić information content (AvgIpc) is 1.88. The summed E-state index contributed by atoms with van der Waals surface area (Å²) in [4.78, 5) is 2.34. The van der Waals surface area contributed by atoms with E-state index in [9.17, 15) is 0 Å². The lowest BCUT2D eigenvalue weighted by Crippen LogP contribution is -2.42. The van der Waals surface area contributed by atoms with Crippen molar-refractivity contribution < 1.29 is 4.74 Å². The van der Waals surface area contributed by atoms with Gasteiger partial charge in [-0.2, -0.15) is 0 Å². The van der Waals surface area contributed by atoms with Crippen LogP contribution < -0.4 is 5.73 Å². The lowest BCUT2D eigenvalue weighted by Gasteiger charge is -2.27.